The van der Waals surface area contributed by atoms with Gasteiger partial charge in [0.05, 0.1) is 19.4 Å². The molecular weight excluding hydrogens is 230 g/mol. The van der Waals surface area contributed by atoms with Gasteiger partial charge < -0.3 is 4.74 Å². The molecule has 16 heavy (non-hydrogen) atoms. The predicted molar refractivity (Wildman–Crippen MR) is 59.4 cm³/mol. The van der Waals surface area contributed by atoms with Gasteiger partial charge in [-0.1, -0.05) is 12.2 Å². The Bertz CT molecular complexity index is 425. The fourth-order valence-electron chi connectivity index (χ4n) is 0.965. The van der Waals surface area contributed by atoms with Crippen LogP contribution in [-0.2, 0) is 14.8 Å². The van der Waals surface area contributed by atoms with Crippen LogP contribution in [-0.4, -0.2) is 38.4 Å². The van der Waals surface area contributed by atoms with Crippen molar-refractivity contribution in [2.75, 3.05) is 19.8 Å². The van der Waals surface area contributed by atoms with Gasteiger partial charge >= 0.3 is 0 Å². The van der Waals surface area contributed by atoms with Crippen molar-refractivity contribution < 1.29 is 13.2 Å². The van der Waals surface area contributed by atoms with Gasteiger partial charge in [-0.15, -0.1) is 0 Å². The Balaban J connectivity index is 2.30. The summed E-state index contributed by atoms with van der Waals surface area (Å²) >= 11 is 0. The quantitative estimate of drug-likeness (QED) is 0.534. The van der Waals surface area contributed by atoms with Crippen molar-refractivity contribution >= 4 is 10.0 Å². The lowest BCUT2D eigenvalue weighted by Crippen LogP contribution is -2.27. The third-order valence-electron chi connectivity index (χ3n) is 1.65. The molecule has 0 amide bonds. The van der Waals surface area contributed by atoms with Gasteiger partial charge in [0, 0.05) is 6.54 Å². The largest absolute Gasteiger partial charge is 0.376 e. The second-order valence-electron chi connectivity index (χ2n) is 3.33. The highest BCUT2D eigenvalue weighted by Gasteiger charge is 2.13. The highest BCUT2D eigenvalue weighted by atomic mass is 32.2. The number of aromatic amines is 1. The Kier molecular flexibility index (Phi) is 4.66. The van der Waals surface area contributed by atoms with Crippen LogP contribution in [0.3, 0.4) is 0 Å². The van der Waals surface area contributed by atoms with Crippen LogP contribution in [0.15, 0.2) is 29.4 Å². The average Bonchev–Trinajstić information content (AvgIpc) is 2.69. The van der Waals surface area contributed by atoms with E-state index in [2.05, 4.69) is 21.5 Å². The number of H-pyrrole nitrogens is 1. The number of rotatable bonds is 7. The maximum Gasteiger partial charge on any atom is 0.257 e. The fraction of sp³-hybridized carbons (Fsp3) is 0.444. The summed E-state index contributed by atoms with van der Waals surface area (Å²) in [5, 5.41) is 6.00. The zero-order valence-electron chi connectivity index (χ0n) is 9.06. The van der Waals surface area contributed by atoms with E-state index in [4.69, 9.17) is 4.74 Å². The van der Waals surface area contributed by atoms with Crippen molar-refractivity contribution in [3.63, 3.8) is 0 Å². The molecule has 0 aliphatic rings. The van der Waals surface area contributed by atoms with Crippen molar-refractivity contribution in [2.45, 2.75) is 11.9 Å². The van der Waals surface area contributed by atoms with Gasteiger partial charge in [0.1, 0.15) is 0 Å². The van der Waals surface area contributed by atoms with Crippen LogP contribution in [0.25, 0.3) is 0 Å². The van der Waals surface area contributed by atoms with E-state index in [0.717, 1.165) is 5.57 Å². The minimum Gasteiger partial charge on any atom is -0.376 e. The van der Waals surface area contributed by atoms with Crippen molar-refractivity contribution in [1.29, 1.82) is 0 Å². The number of hydrogen-bond acceptors (Lipinski definition) is 4. The minimum atomic E-state index is -3.49. The molecule has 0 saturated carbocycles. The molecule has 0 aliphatic heterocycles. The molecule has 1 heterocycles. The summed E-state index contributed by atoms with van der Waals surface area (Å²) in [4.78, 5) is 0. The van der Waals surface area contributed by atoms with Gasteiger partial charge in [0.2, 0.25) is 0 Å². The highest BCUT2D eigenvalue weighted by molar-refractivity contribution is 7.89. The van der Waals surface area contributed by atoms with E-state index in [9.17, 15) is 8.42 Å². The molecule has 0 fully saturated rings. The monoisotopic (exact) mass is 245 g/mol. The summed E-state index contributed by atoms with van der Waals surface area (Å²) in [5.41, 5.74) is 0.899. The normalized spacial score (nSPS) is 11.6. The molecule has 2 N–H and O–H groups in total. The van der Waals surface area contributed by atoms with Crippen LogP contribution in [0.5, 0.6) is 0 Å². The first-order valence-corrected chi connectivity index (χ1v) is 6.22. The average molecular weight is 245 g/mol. The zero-order valence-corrected chi connectivity index (χ0v) is 9.88. The summed E-state index contributed by atoms with van der Waals surface area (Å²) in [6.07, 6.45) is 1.38. The number of sulfonamides is 1. The Morgan fingerprint density at radius 2 is 2.44 bits per heavy atom. The molecule has 0 aromatic carbocycles. The lowest BCUT2D eigenvalue weighted by molar-refractivity contribution is 0.162. The molecule has 0 aliphatic carbocycles. The first-order chi connectivity index (χ1) is 7.52. The first-order valence-electron chi connectivity index (χ1n) is 4.73. The standard InChI is InChI=1S/C9H15N3O3S/c1-8(2)7-15-6-5-11-16(13,14)9-3-4-10-12-9/h3-4,11H,1,5-7H2,2H3,(H,10,12). The molecule has 0 radical (unpaired) electrons. The molecule has 90 valence electrons. The SMILES string of the molecule is C=C(C)COCCNS(=O)(=O)c1ccn[nH]1. The maximum absolute atomic E-state index is 11.5. The predicted octanol–water partition coefficient (Wildman–Crippen LogP) is 0.281. The number of hydrogen-bond donors (Lipinski definition) is 2. The summed E-state index contributed by atoms with van der Waals surface area (Å²) in [7, 11) is -3.49. The van der Waals surface area contributed by atoms with Crippen molar-refractivity contribution in [3.05, 3.63) is 24.4 Å². The van der Waals surface area contributed by atoms with Crippen molar-refractivity contribution in [1.82, 2.24) is 14.9 Å². The third-order valence-corrected chi connectivity index (χ3v) is 3.04. The highest BCUT2D eigenvalue weighted by Crippen LogP contribution is 2.01. The number of nitrogens with one attached hydrogen (secondary N) is 2. The van der Waals surface area contributed by atoms with E-state index in [-0.39, 0.29) is 11.6 Å². The molecular formula is C9H15N3O3S. The van der Waals surface area contributed by atoms with Gasteiger partial charge in [-0.2, -0.15) is 5.10 Å². The van der Waals surface area contributed by atoms with E-state index < -0.39 is 10.0 Å². The lowest BCUT2D eigenvalue weighted by Gasteiger charge is -2.05. The number of aromatic nitrogens is 2. The zero-order chi connectivity index (χ0) is 12.0. The Hall–Kier alpha value is -1.18. The molecule has 1 rings (SSSR count). The molecule has 0 saturated heterocycles. The Morgan fingerprint density at radius 1 is 1.69 bits per heavy atom. The van der Waals surface area contributed by atoms with E-state index in [1.807, 2.05) is 6.92 Å². The van der Waals surface area contributed by atoms with Crippen LogP contribution in [0.4, 0.5) is 0 Å². The Morgan fingerprint density at radius 3 is 3.00 bits per heavy atom. The summed E-state index contributed by atoms with van der Waals surface area (Å²) in [6.45, 7) is 6.47. The minimum absolute atomic E-state index is 0.0485. The molecule has 0 spiro atoms. The molecule has 7 heteroatoms. The third kappa shape index (κ3) is 4.13. The smallest absolute Gasteiger partial charge is 0.257 e. The van der Waals surface area contributed by atoms with Gasteiger partial charge in [0.25, 0.3) is 10.0 Å². The van der Waals surface area contributed by atoms with Crippen LogP contribution in [0.2, 0.25) is 0 Å². The van der Waals surface area contributed by atoms with Gasteiger partial charge in [0.15, 0.2) is 5.03 Å². The van der Waals surface area contributed by atoms with Crippen LogP contribution in [0.1, 0.15) is 6.92 Å². The summed E-state index contributed by atoms with van der Waals surface area (Å²) in [6, 6.07) is 1.39. The van der Waals surface area contributed by atoms with E-state index >= 15 is 0 Å². The van der Waals surface area contributed by atoms with Crippen molar-refractivity contribution in [2.24, 2.45) is 0 Å². The van der Waals surface area contributed by atoms with E-state index in [1.54, 1.807) is 0 Å². The van der Waals surface area contributed by atoms with Gasteiger partial charge in [-0.3, -0.25) is 5.10 Å². The van der Waals surface area contributed by atoms with Crippen LogP contribution >= 0.6 is 0 Å². The second-order valence-corrected chi connectivity index (χ2v) is 5.06. The number of nitrogens with zero attached hydrogens (tertiary/aromatic N) is 1. The van der Waals surface area contributed by atoms with Gasteiger partial charge in [-0.05, 0) is 13.0 Å². The second kappa shape index (κ2) is 5.78. The fourth-order valence-corrected chi connectivity index (χ4v) is 1.89. The lowest BCUT2D eigenvalue weighted by atomic mass is 10.4. The summed E-state index contributed by atoms with van der Waals surface area (Å²) in [5.74, 6) is 0. The van der Waals surface area contributed by atoms with E-state index in [1.165, 1.54) is 12.3 Å². The molecule has 0 atom stereocenters. The van der Waals surface area contributed by atoms with E-state index in [0.29, 0.717) is 13.2 Å². The van der Waals surface area contributed by atoms with Crippen LogP contribution < -0.4 is 4.72 Å². The van der Waals surface area contributed by atoms with Gasteiger partial charge in [-0.25, -0.2) is 13.1 Å². The number of ether oxygens (including phenoxy) is 1. The molecule has 6 nitrogen and oxygen atoms in total. The molecule has 1 aromatic heterocycles. The summed E-state index contributed by atoms with van der Waals surface area (Å²) < 4.78 is 30.6. The molecule has 0 bridgehead atoms. The van der Waals surface area contributed by atoms with Crippen LogP contribution in [0, 0.1) is 0 Å². The Labute approximate surface area is 94.8 Å². The first kappa shape index (κ1) is 12.9. The molecule has 0 unspecified atom stereocenters. The molecule has 1 aromatic rings. The topological polar surface area (TPSA) is 84.1 Å². The van der Waals surface area contributed by atoms with Crippen molar-refractivity contribution in [3.8, 4) is 0 Å². The maximum atomic E-state index is 11.5.